The highest BCUT2D eigenvalue weighted by molar-refractivity contribution is 5.77. The standard InChI is InChI=1S/C21H27N3O4/c1-15-22-21(28-23-15)19-14-26-12-11-24(19)20(25)10-9-16-5-4-8-18(13-16)27-17-6-2-3-7-17/h4-5,8,13,17,19H,2-3,6-7,9-12,14H2,1H3. The van der Waals surface area contributed by atoms with Crippen LogP contribution in [0.3, 0.4) is 0 Å². The van der Waals surface area contributed by atoms with E-state index in [1.807, 2.05) is 18.2 Å². The average Bonchev–Trinajstić information content (AvgIpc) is 3.38. The third-order valence-corrected chi connectivity index (χ3v) is 5.41. The van der Waals surface area contributed by atoms with E-state index in [2.05, 4.69) is 16.2 Å². The Morgan fingerprint density at radius 1 is 1.32 bits per heavy atom. The normalized spacial score (nSPS) is 20.5. The first-order chi connectivity index (χ1) is 13.7. The van der Waals surface area contributed by atoms with Crippen LogP contribution in [0.1, 0.15) is 55.4 Å². The third-order valence-electron chi connectivity index (χ3n) is 5.41. The molecule has 150 valence electrons. The topological polar surface area (TPSA) is 77.7 Å². The molecule has 2 fully saturated rings. The number of nitrogens with zero attached hydrogens (tertiary/aromatic N) is 3. The number of hydrogen-bond acceptors (Lipinski definition) is 6. The minimum atomic E-state index is -0.306. The predicted molar refractivity (Wildman–Crippen MR) is 102 cm³/mol. The highest BCUT2D eigenvalue weighted by Crippen LogP contribution is 2.26. The van der Waals surface area contributed by atoms with Gasteiger partial charge in [-0.1, -0.05) is 17.3 Å². The molecule has 0 radical (unpaired) electrons. The lowest BCUT2D eigenvalue weighted by molar-refractivity contribution is -0.141. The molecular weight excluding hydrogens is 358 g/mol. The van der Waals surface area contributed by atoms with Gasteiger partial charge in [0.15, 0.2) is 5.82 Å². The van der Waals surface area contributed by atoms with Crippen molar-refractivity contribution in [3.8, 4) is 5.75 Å². The number of carbonyl (C=O) groups excluding carboxylic acids is 1. The number of hydrogen-bond donors (Lipinski definition) is 0. The Morgan fingerprint density at radius 3 is 2.96 bits per heavy atom. The summed E-state index contributed by atoms with van der Waals surface area (Å²) in [5, 5.41) is 3.84. The zero-order valence-corrected chi connectivity index (χ0v) is 16.3. The fourth-order valence-corrected chi connectivity index (χ4v) is 3.92. The Bertz CT molecular complexity index is 800. The molecule has 0 bridgehead atoms. The summed E-state index contributed by atoms with van der Waals surface area (Å²) >= 11 is 0. The SMILES string of the molecule is Cc1noc(C2COCCN2C(=O)CCc2cccc(OC3CCCC3)c2)n1. The van der Waals surface area contributed by atoms with E-state index < -0.39 is 0 Å². The van der Waals surface area contributed by atoms with Gasteiger partial charge in [-0.2, -0.15) is 4.98 Å². The zero-order chi connectivity index (χ0) is 19.3. The summed E-state index contributed by atoms with van der Waals surface area (Å²) in [6.45, 7) is 3.22. The largest absolute Gasteiger partial charge is 0.490 e. The van der Waals surface area contributed by atoms with Crippen LogP contribution in [-0.4, -0.2) is 46.8 Å². The van der Waals surface area contributed by atoms with Crippen molar-refractivity contribution in [2.24, 2.45) is 0 Å². The maximum atomic E-state index is 12.9. The minimum Gasteiger partial charge on any atom is -0.490 e. The fraction of sp³-hybridized carbons (Fsp3) is 0.571. The zero-order valence-electron chi connectivity index (χ0n) is 16.3. The minimum absolute atomic E-state index is 0.0752. The van der Waals surface area contributed by atoms with E-state index >= 15 is 0 Å². The Morgan fingerprint density at radius 2 is 2.18 bits per heavy atom. The monoisotopic (exact) mass is 385 g/mol. The van der Waals surface area contributed by atoms with Crippen LogP contribution in [0, 0.1) is 6.92 Å². The van der Waals surface area contributed by atoms with Crippen molar-refractivity contribution < 1.29 is 18.8 Å². The van der Waals surface area contributed by atoms with E-state index in [4.69, 9.17) is 14.0 Å². The van der Waals surface area contributed by atoms with Gasteiger partial charge in [-0.15, -0.1) is 0 Å². The Kier molecular flexibility index (Phi) is 5.90. The van der Waals surface area contributed by atoms with E-state index in [1.54, 1.807) is 11.8 Å². The van der Waals surface area contributed by atoms with Gasteiger partial charge in [0.05, 0.1) is 19.3 Å². The van der Waals surface area contributed by atoms with Crippen molar-refractivity contribution in [3.05, 3.63) is 41.5 Å². The number of amides is 1. The second-order valence-corrected chi connectivity index (χ2v) is 7.53. The first-order valence-corrected chi connectivity index (χ1v) is 10.1. The van der Waals surface area contributed by atoms with Crippen molar-refractivity contribution in [1.29, 1.82) is 0 Å². The number of rotatable bonds is 6. The van der Waals surface area contributed by atoms with Crippen LogP contribution in [0.2, 0.25) is 0 Å². The second-order valence-electron chi connectivity index (χ2n) is 7.53. The van der Waals surface area contributed by atoms with Crippen molar-refractivity contribution >= 4 is 5.91 Å². The number of morpholine rings is 1. The molecule has 1 aliphatic carbocycles. The third kappa shape index (κ3) is 4.52. The van der Waals surface area contributed by atoms with Gasteiger partial charge in [0.2, 0.25) is 5.91 Å². The molecule has 1 unspecified atom stereocenters. The summed E-state index contributed by atoms with van der Waals surface area (Å²) in [6, 6.07) is 7.80. The highest BCUT2D eigenvalue weighted by Gasteiger charge is 2.32. The molecule has 1 atom stereocenters. The molecule has 4 rings (SSSR count). The van der Waals surface area contributed by atoms with Crippen LogP contribution in [-0.2, 0) is 16.0 Å². The highest BCUT2D eigenvalue weighted by atomic mass is 16.5. The summed E-state index contributed by atoms with van der Waals surface area (Å²) in [5.74, 6) is 1.98. The molecule has 1 aromatic carbocycles. The summed E-state index contributed by atoms with van der Waals surface area (Å²) in [7, 11) is 0. The number of carbonyl (C=O) groups is 1. The number of aryl methyl sites for hydroxylation is 2. The van der Waals surface area contributed by atoms with Gasteiger partial charge in [0.1, 0.15) is 11.8 Å². The van der Waals surface area contributed by atoms with E-state index in [-0.39, 0.29) is 11.9 Å². The predicted octanol–water partition coefficient (Wildman–Crippen LogP) is 3.23. The molecular formula is C21H27N3O4. The number of ether oxygens (including phenoxy) is 2. The van der Waals surface area contributed by atoms with Crippen LogP contribution in [0.4, 0.5) is 0 Å². The molecule has 1 amide bonds. The molecule has 0 N–H and O–H groups in total. The van der Waals surface area contributed by atoms with Gasteiger partial charge in [-0.25, -0.2) is 0 Å². The van der Waals surface area contributed by atoms with Crippen LogP contribution in [0.5, 0.6) is 5.75 Å². The van der Waals surface area contributed by atoms with Gasteiger partial charge < -0.3 is 18.9 Å². The molecule has 2 heterocycles. The first kappa shape index (κ1) is 18.9. The Balaban J connectivity index is 1.36. The van der Waals surface area contributed by atoms with Gasteiger partial charge in [-0.05, 0) is 56.7 Å². The van der Waals surface area contributed by atoms with Crippen LogP contribution in [0.15, 0.2) is 28.8 Å². The summed E-state index contributed by atoms with van der Waals surface area (Å²) in [4.78, 5) is 19.0. The maximum Gasteiger partial charge on any atom is 0.251 e. The molecule has 1 saturated carbocycles. The number of aromatic nitrogens is 2. The molecule has 28 heavy (non-hydrogen) atoms. The Labute approximate surface area is 165 Å². The molecule has 1 aromatic heterocycles. The van der Waals surface area contributed by atoms with Gasteiger partial charge in [0.25, 0.3) is 5.89 Å². The lowest BCUT2D eigenvalue weighted by Crippen LogP contribution is -2.43. The van der Waals surface area contributed by atoms with Crippen molar-refractivity contribution in [3.63, 3.8) is 0 Å². The van der Waals surface area contributed by atoms with Crippen LogP contribution >= 0.6 is 0 Å². The molecule has 0 spiro atoms. The van der Waals surface area contributed by atoms with Gasteiger partial charge in [0, 0.05) is 13.0 Å². The molecule has 2 aromatic rings. The molecule has 2 aliphatic rings. The van der Waals surface area contributed by atoms with E-state index in [1.165, 1.54) is 12.8 Å². The average molecular weight is 385 g/mol. The lowest BCUT2D eigenvalue weighted by Gasteiger charge is -2.33. The summed E-state index contributed by atoms with van der Waals surface area (Å²) < 4.78 is 16.9. The summed E-state index contributed by atoms with van der Waals surface area (Å²) in [6.07, 6.45) is 6.21. The smallest absolute Gasteiger partial charge is 0.251 e. The fourth-order valence-electron chi connectivity index (χ4n) is 3.92. The summed E-state index contributed by atoms with van der Waals surface area (Å²) in [5.41, 5.74) is 1.11. The van der Waals surface area contributed by atoms with Crippen molar-refractivity contribution in [2.75, 3.05) is 19.8 Å². The van der Waals surface area contributed by atoms with Gasteiger partial charge >= 0.3 is 0 Å². The van der Waals surface area contributed by atoms with E-state index in [0.717, 1.165) is 24.2 Å². The molecule has 7 heteroatoms. The van der Waals surface area contributed by atoms with Crippen molar-refractivity contribution in [1.82, 2.24) is 15.0 Å². The Hall–Kier alpha value is -2.41. The van der Waals surface area contributed by atoms with E-state index in [0.29, 0.717) is 50.4 Å². The maximum absolute atomic E-state index is 12.9. The number of benzene rings is 1. The first-order valence-electron chi connectivity index (χ1n) is 10.1. The van der Waals surface area contributed by atoms with Crippen molar-refractivity contribution in [2.45, 2.75) is 57.6 Å². The van der Waals surface area contributed by atoms with Crippen LogP contribution < -0.4 is 4.74 Å². The second kappa shape index (κ2) is 8.73. The molecule has 7 nitrogen and oxygen atoms in total. The molecule has 1 aliphatic heterocycles. The van der Waals surface area contributed by atoms with Crippen LogP contribution in [0.25, 0.3) is 0 Å². The van der Waals surface area contributed by atoms with E-state index in [9.17, 15) is 4.79 Å². The lowest BCUT2D eigenvalue weighted by atomic mass is 10.1. The molecule has 1 saturated heterocycles. The quantitative estimate of drug-likeness (QED) is 0.760. The van der Waals surface area contributed by atoms with Gasteiger partial charge in [-0.3, -0.25) is 4.79 Å².